The molecule has 0 heterocycles. The van der Waals surface area contributed by atoms with Crippen molar-refractivity contribution in [2.24, 2.45) is 0 Å². The second-order valence-electron chi connectivity index (χ2n) is 5.70. The highest BCUT2D eigenvalue weighted by Gasteiger charge is 2.31. The second kappa shape index (κ2) is 10.3. The molecule has 1 amide bonds. The fourth-order valence-corrected chi connectivity index (χ4v) is 3.20. The molecule has 0 saturated heterocycles. The fourth-order valence-electron chi connectivity index (χ4n) is 2.53. The molecule has 0 aliphatic rings. The van der Waals surface area contributed by atoms with E-state index in [-0.39, 0.29) is 28.8 Å². The molecule has 0 bridgehead atoms. The minimum absolute atomic E-state index is 0.00604. The summed E-state index contributed by atoms with van der Waals surface area (Å²) in [6.07, 6.45) is 0.507. The molecule has 0 saturated carbocycles. The molecule has 1 N–H and O–H groups in total. The van der Waals surface area contributed by atoms with Crippen molar-refractivity contribution in [3.63, 3.8) is 0 Å². The first kappa shape index (κ1) is 21.9. The van der Waals surface area contributed by atoms with Gasteiger partial charge in [0.15, 0.2) is 11.5 Å². The van der Waals surface area contributed by atoms with E-state index in [0.29, 0.717) is 31.1 Å². The number of benzene rings is 2. The van der Waals surface area contributed by atoms with Crippen molar-refractivity contribution in [2.75, 3.05) is 19.8 Å². The van der Waals surface area contributed by atoms with Crippen LogP contribution >= 0.6 is 11.8 Å². The number of rotatable bonds is 9. The van der Waals surface area contributed by atoms with Gasteiger partial charge in [0.25, 0.3) is 5.91 Å². The zero-order valence-electron chi connectivity index (χ0n) is 15.6. The van der Waals surface area contributed by atoms with E-state index in [0.717, 1.165) is 5.56 Å². The van der Waals surface area contributed by atoms with Crippen LogP contribution in [0.25, 0.3) is 0 Å². The number of carbonyl (C=O) groups is 1. The lowest BCUT2D eigenvalue weighted by Crippen LogP contribution is -2.26. The number of ether oxygens (including phenoxy) is 2. The molecule has 8 heteroatoms. The molecule has 0 aliphatic carbocycles. The van der Waals surface area contributed by atoms with Gasteiger partial charge in [0.2, 0.25) is 0 Å². The summed E-state index contributed by atoms with van der Waals surface area (Å²) in [5, 5.41) is 2.67. The van der Waals surface area contributed by atoms with E-state index < -0.39 is 11.4 Å². The number of hydrogen-bond donors (Lipinski definition) is 1. The van der Waals surface area contributed by atoms with E-state index in [2.05, 4.69) is 5.32 Å². The Morgan fingerprint density at radius 2 is 1.71 bits per heavy atom. The molecular formula is C20H22F3NO3S. The summed E-state index contributed by atoms with van der Waals surface area (Å²) in [5.41, 5.74) is -3.52. The minimum Gasteiger partial charge on any atom is -0.490 e. The van der Waals surface area contributed by atoms with Crippen LogP contribution in [0.15, 0.2) is 47.4 Å². The lowest BCUT2D eigenvalue weighted by atomic mass is 10.1. The third-order valence-electron chi connectivity index (χ3n) is 3.66. The molecule has 0 atom stereocenters. The SMILES string of the molecule is CCOc1ccc(CCNC(=O)c2ccccc2SC(F)(F)F)cc1OCC. The van der Waals surface area contributed by atoms with Gasteiger partial charge in [-0.1, -0.05) is 18.2 Å². The average Bonchev–Trinajstić information content (AvgIpc) is 2.63. The summed E-state index contributed by atoms with van der Waals surface area (Å²) in [6.45, 7) is 5.05. The molecular weight excluding hydrogens is 391 g/mol. The Labute approximate surface area is 166 Å². The van der Waals surface area contributed by atoms with Gasteiger partial charge in [-0.3, -0.25) is 4.79 Å². The maximum absolute atomic E-state index is 12.7. The summed E-state index contributed by atoms with van der Waals surface area (Å²) >= 11 is -0.292. The van der Waals surface area contributed by atoms with Crippen LogP contribution in [0.4, 0.5) is 13.2 Å². The maximum Gasteiger partial charge on any atom is 0.446 e. The number of carbonyl (C=O) groups excluding carboxylic acids is 1. The van der Waals surface area contributed by atoms with Crippen molar-refractivity contribution in [3.8, 4) is 11.5 Å². The van der Waals surface area contributed by atoms with Gasteiger partial charge >= 0.3 is 5.51 Å². The summed E-state index contributed by atoms with van der Waals surface area (Å²) < 4.78 is 49.0. The fraction of sp³-hybridized carbons (Fsp3) is 0.350. The maximum atomic E-state index is 12.7. The Balaban J connectivity index is 2.00. The zero-order chi connectivity index (χ0) is 20.6. The lowest BCUT2D eigenvalue weighted by Gasteiger charge is -2.13. The standard InChI is InChI=1S/C20H22F3NO3S/c1-3-26-16-10-9-14(13-17(16)27-4-2)11-12-24-19(25)15-7-5-6-8-18(15)28-20(21,22)23/h5-10,13H,3-4,11-12H2,1-2H3,(H,24,25). The largest absolute Gasteiger partial charge is 0.490 e. The molecule has 0 spiro atoms. The first-order valence-corrected chi connectivity index (χ1v) is 9.67. The molecule has 2 rings (SSSR count). The van der Waals surface area contributed by atoms with Gasteiger partial charge in [0.1, 0.15) is 0 Å². The van der Waals surface area contributed by atoms with Crippen LogP contribution in [0, 0.1) is 0 Å². The molecule has 2 aromatic rings. The van der Waals surface area contributed by atoms with Gasteiger partial charge < -0.3 is 14.8 Å². The molecule has 2 aromatic carbocycles. The third-order valence-corrected chi connectivity index (χ3v) is 4.47. The first-order chi connectivity index (χ1) is 13.3. The predicted molar refractivity (Wildman–Crippen MR) is 103 cm³/mol. The smallest absolute Gasteiger partial charge is 0.446 e. The number of amides is 1. The molecule has 28 heavy (non-hydrogen) atoms. The highest BCUT2D eigenvalue weighted by atomic mass is 32.2. The van der Waals surface area contributed by atoms with E-state index in [4.69, 9.17) is 9.47 Å². The number of nitrogens with one attached hydrogen (secondary N) is 1. The minimum atomic E-state index is -4.45. The Kier molecular flexibility index (Phi) is 8.04. The van der Waals surface area contributed by atoms with Gasteiger partial charge in [-0.05, 0) is 61.9 Å². The van der Waals surface area contributed by atoms with Gasteiger partial charge in [-0.15, -0.1) is 0 Å². The van der Waals surface area contributed by atoms with Crippen LogP contribution in [-0.4, -0.2) is 31.2 Å². The van der Waals surface area contributed by atoms with Crippen molar-refractivity contribution in [3.05, 3.63) is 53.6 Å². The predicted octanol–water partition coefficient (Wildman–Crippen LogP) is 5.07. The molecule has 152 valence electrons. The number of thioether (sulfide) groups is 1. The second-order valence-corrected chi connectivity index (χ2v) is 6.80. The van der Waals surface area contributed by atoms with Gasteiger partial charge in [-0.25, -0.2) is 0 Å². The van der Waals surface area contributed by atoms with Crippen LogP contribution in [0.3, 0.4) is 0 Å². The van der Waals surface area contributed by atoms with Crippen LogP contribution in [-0.2, 0) is 6.42 Å². The van der Waals surface area contributed by atoms with Crippen LogP contribution in [0.5, 0.6) is 11.5 Å². The van der Waals surface area contributed by atoms with Crippen molar-refractivity contribution in [1.82, 2.24) is 5.32 Å². The Bertz CT molecular complexity index is 797. The quantitative estimate of drug-likeness (QED) is 0.583. The average molecular weight is 413 g/mol. The molecule has 0 aromatic heterocycles. The van der Waals surface area contributed by atoms with Gasteiger partial charge in [0.05, 0.1) is 18.8 Å². The number of hydrogen-bond acceptors (Lipinski definition) is 4. The third kappa shape index (κ3) is 6.67. The highest BCUT2D eigenvalue weighted by Crippen LogP contribution is 2.38. The van der Waals surface area contributed by atoms with Crippen molar-refractivity contribution >= 4 is 17.7 Å². The molecule has 0 radical (unpaired) electrons. The summed E-state index contributed by atoms with van der Waals surface area (Å²) in [6, 6.07) is 11.2. The topological polar surface area (TPSA) is 47.6 Å². The van der Waals surface area contributed by atoms with E-state index in [1.54, 1.807) is 6.07 Å². The Morgan fingerprint density at radius 1 is 1.04 bits per heavy atom. The number of halogens is 3. The van der Waals surface area contributed by atoms with E-state index in [1.165, 1.54) is 24.3 Å². The Morgan fingerprint density at radius 3 is 2.39 bits per heavy atom. The summed E-state index contributed by atoms with van der Waals surface area (Å²) in [5.74, 6) is 0.735. The van der Waals surface area contributed by atoms with Crippen molar-refractivity contribution < 1.29 is 27.4 Å². The monoisotopic (exact) mass is 413 g/mol. The van der Waals surface area contributed by atoms with Crippen molar-refractivity contribution in [1.29, 1.82) is 0 Å². The lowest BCUT2D eigenvalue weighted by molar-refractivity contribution is -0.0328. The van der Waals surface area contributed by atoms with E-state index in [9.17, 15) is 18.0 Å². The molecule has 0 aliphatic heterocycles. The molecule has 4 nitrogen and oxygen atoms in total. The Hall–Kier alpha value is -2.35. The summed E-state index contributed by atoms with van der Waals surface area (Å²) in [4.78, 5) is 12.2. The normalized spacial score (nSPS) is 11.2. The summed E-state index contributed by atoms with van der Waals surface area (Å²) in [7, 11) is 0. The van der Waals surface area contributed by atoms with E-state index >= 15 is 0 Å². The van der Waals surface area contributed by atoms with Gasteiger partial charge in [0, 0.05) is 11.4 Å². The number of alkyl halides is 3. The van der Waals surface area contributed by atoms with Crippen LogP contribution in [0.2, 0.25) is 0 Å². The van der Waals surface area contributed by atoms with Crippen LogP contribution < -0.4 is 14.8 Å². The zero-order valence-corrected chi connectivity index (χ0v) is 16.5. The molecule has 0 fully saturated rings. The van der Waals surface area contributed by atoms with Crippen LogP contribution in [0.1, 0.15) is 29.8 Å². The van der Waals surface area contributed by atoms with Crippen molar-refractivity contribution in [2.45, 2.75) is 30.7 Å². The van der Waals surface area contributed by atoms with Gasteiger partial charge in [-0.2, -0.15) is 13.2 Å². The molecule has 0 unspecified atom stereocenters. The highest BCUT2D eigenvalue weighted by molar-refractivity contribution is 8.00. The first-order valence-electron chi connectivity index (χ1n) is 8.85. The van der Waals surface area contributed by atoms with E-state index in [1.807, 2.05) is 26.0 Å².